The number of amides is 5. The Hall–Kier alpha value is -2.45. The first-order chi connectivity index (χ1) is 13.0. The van der Waals surface area contributed by atoms with E-state index in [2.05, 4.69) is 10.6 Å². The molecule has 9 heteroatoms. The van der Waals surface area contributed by atoms with Crippen LogP contribution in [0.25, 0.3) is 0 Å². The minimum absolute atomic E-state index is 0.0532. The zero-order valence-corrected chi connectivity index (χ0v) is 16.9. The lowest BCUT2D eigenvalue weighted by molar-refractivity contribution is -0.155. The van der Waals surface area contributed by atoms with E-state index in [0.717, 1.165) is 17.7 Å². The average molecular weight is 395 g/mol. The van der Waals surface area contributed by atoms with Crippen molar-refractivity contribution in [3.05, 3.63) is 0 Å². The Morgan fingerprint density at radius 2 is 1.64 bits per heavy atom. The van der Waals surface area contributed by atoms with Crippen LogP contribution < -0.4 is 10.6 Å². The minimum Gasteiger partial charge on any atom is -0.452 e. The number of fused-ring (bicyclic) bond motifs is 1. The summed E-state index contributed by atoms with van der Waals surface area (Å²) in [6.07, 6.45) is 1.93. The molecule has 9 nitrogen and oxygen atoms in total. The van der Waals surface area contributed by atoms with Gasteiger partial charge in [0, 0.05) is 12.1 Å². The van der Waals surface area contributed by atoms with E-state index in [1.54, 1.807) is 20.8 Å². The molecule has 0 spiro atoms. The molecule has 28 heavy (non-hydrogen) atoms. The molecular formula is C19H29N3O6. The normalized spacial score (nSPS) is 23.1. The van der Waals surface area contributed by atoms with Crippen molar-refractivity contribution in [1.29, 1.82) is 0 Å². The highest BCUT2D eigenvalue weighted by atomic mass is 16.5. The lowest BCUT2D eigenvalue weighted by atomic mass is 9.81. The third-order valence-electron chi connectivity index (χ3n) is 4.87. The van der Waals surface area contributed by atoms with Gasteiger partial charge in [-0.05, 0) is 40.5 Å². The van der Waals surface area contributed by atoms with Crippen LogP contribution in [0.3, 0.4) is 0 Å². The van der Waals surface area contributed by atoms with E-state index >= 15 is 0 Å². The van der Waals surface area contributed by atoms with E-state index in [1.807, 2.05) is 0 Å². The number of esters is 1. The molecule has 1 heterocycles. The van der Waals surface area contributed by atoms with Crippen LogP contribution in [0.5, 0.6) is 0 Å². The molecule has 1 aliphatic carbocycles. The minimum atomic E-state index is -1.18. The molecule has 156 valence electrons. The third-order valence-corrected chi connectivity index (χ3v) is 4.87. The Labute approximate surface area is 164 Å². The number of carbonyl (C=O) groups is 5. The summed E-state index contributed by atoms with van der Waals surface area (Å²) in [6.45, 7) is 6.58. The molecular weight excluding hydrogens is 366 g/mol. The maximum atomic E-state index is 12.4. The van der Waals surface area contributed by atoms with E-state index in [0.29, 0.717) is 12.8 Å². The van der Waals surface area contributed by atoms with Crippen molar-refractivity contribution >= 4 is 29.7 Å². The molecule has 2 aliphatic rings. The Morgan fingerprint density at radius 1 is 1.11 bits per heavy atom. The highest BCUT2D eigenvalue weighted by molar-refractivity contribution is 6.05. The van der Waals surface area contributed by atoms with Crippen LogP contribution in [0.1, 0.15) is 59.8 Å². The van der Waals surface area contributed by atoms with Gasteiger partial charge >= 0.3 is 12.0 Å². The van der Waals surface area contributed by atoms with Crippen LogP contribution in [0, 0.1) is 11.8 Å². The van der Waals surface area contributed by atoms with Crippen molar-refractivity contribution in [2.24, 2.45) is 11.8 Å². The summed E-state index contributed by atoms with van der Waals surface area (Å²) in [4.78, 5) is 61.5. The van der Waals surface area contributed by atoms with Crippen molar-refractivity contribution in [2.45, 2.75) is 71.4 Å². The summed E-state index contributed by atoms with van der Waals surface area (Å²) in [5.41, 5.74) is -0.518. The van der Waals surface area contributed by atoms with Crippen LogP contribution in [0.15, 0.2) is 0 Å². The van der Waals surface area contributed by atoms with E-state index in [9.17, 15) is 24.0 Å². The number of nitrogens with zero attached hydrogens (tertiary/aromatic N) is 1. The fraction of sp³-hybridized carbons (Fsp3) is 0.737. The SMILES string of the molecule is C[C@H](OC(=O)CCN1C(=O)[C@H]2CCCC[C@H]2C1=O)C(=O)NC(=O)NC(C)(C)C. The van der Waals surface area contributed by atoms with Crippen LogP contribution >= 0.6 is 0 Å². The highest BCUT2D eigenvalue weighted by Gasteiger charge is 2.47. The van der Waals surface area contributed by atoms with E-state index in [-0.39, 0.29) is 36.6 Å². The quantitative estimate of drug-likeness (QED) is 0.531. The van der Waals surface area contributed by atoms with Gasteiger partial charge in [-0.25, -0.2) is 4.79 Å². The van der Waals surface area contributed by atoms with Crippen LogP contribution in [0.4, 0.5) is 4.79 Å². The monoisotopic (exact) mass is 395 g/mol. The zero-order valence-electron chi connectivity index (χ0n) is 16.9. The first kappa shape index (κ1) is 21.8. The molecule has 0 aromatic heterocycles. The Kier molecular flexibility index (Phi) is 6.79. The average Bonchev–Trinajstić information content (AvgIpc) is 2.82. The van der Waals surface area contributed by atoms with Gasteiger partial charge in [0.1, 0.15) is 0 Å². The second kappa shape index (κ2) is 8.70. The molecule has 0 aromatic carbocycles. The Balaban J connectivity index is 1.79. The molecule has 0 bridgehead atoms. The lowest BCUT2D eigenvalue weighted by Crippen LogP contribution is -2.50. The van der Waals surface area contributed by atoms with Crippen molar-refractivity contribution < 1.29 is 28.7 Å². The van der Waals surface area contributed by atoms with E-state index in [1.165, 1.54) is 6.92 Å². The first-order valence-electron chi connectivity index (χ1n) is 9.67. The van der Waals surface area contributed by atoms with E-state index < -0.39 is 29.6 Å². The summed E-state index contributed by atoms with van der Waals surface area (Å²) in [5, 5.41) is 4.66. The second-order valence-corrected chi connectivity index (χ2v) is 8.40. The van der Waals surface area contributed by atoms with Crippen molar-refractivity contribution in [2.75, 3.05) is 6.54 Å². The van der Waals surface area contributed by atoms with Crippen molar-refractivity contribution in [3.8, 4) is 0 Å². The number of likely N-dealkylation sites (tertiary alicyclic amines) is 1. The van der Waals surface area contributed by atoms with Gasteiger partial charge in [-0.2, -0.15) is 0 Å². The lowest BCUT2D eigenvalue weighted by Gasteiger charge is -2.21. The maximum Gasteiger partial charge on any atom is 0.321 e. The molecule has 1 saturated carbocycles. The van der Waals surface area contributed by atoms with Gasteiger partial charge in [0.2, 0.25) is 11.8 Å². The number of carbonyl (C=O) groups excluding carboxylic acids is 5. The van der Waals surface area contributed by atoms with Gasteiger partial charge in [0.25, 0.3) is 5.91 Å². The molecule has 3 atom stereocenters. The van der Waals surface area contributed by atoms with Gasteiger partial charge in [-0.3, -0.25) is 29.4 Å². The predicted octanol–water partition coefficient (Wildman–Crippen LogP) is 1.11. The summed E-state index contributed by atoms with van der Waals surface area (Å²) in [5.74, 6) is -2.42. The molecule has 1 saturated heterocycles. The number of urea groups is 1. The van der Waals surface area contributed by atoms with Crippen LogP contribution in [0.2, 0.25) is 0 Å². The maximum absolute atomic E-state index is 12.4. The number of nitrogens with one attached hydrogen (secondary N) is 2. The summed E-state index contributed by atoms with van der Waals surface area (Å²) >= 11 is 0. The first-order valence-corrected chi connectivity index (χ1v) is 9.67. The number of rotatable bonds is 5. The van der Waals surface area contributed by atoms with Crippen molar-refractivity contribution in [3.63, 3.8) is 0 Å². The molecule has 0 radical (unpaired) electrons. The molecule has 0 aromatic rings. The van der Waals surface area contributed by atoms with Crippen LogP contribution in [-0.4, -0.2) is 52.8 Å². The molecule has 2 fully saturated rings. The number of hydrogen-bond donors (Lipinski definition) is 2. The topological polar surface area (TPSA) is 122 Å². The number of imide groups is 2. The van der Waals surface area contributed by atoms with Gasteiger partial charge in [-0.15, -0.1) is 0 Å². The second-order valence-electron chi connectivity index (χ2n) is 8.40. The smallest absolute Gasteiger partial charge is 0.321 e. The summed E-state index contributed by atoms with van der Waals surface area (Å²) in [6, 6.07) is -0.684. The van der Waals surface area contributed by atoms with Crippen LogP contribution in [-0.2, 0) is 23.9 Å². The molecule has 2 N–H and O–H groups in total. The number of hydrogen-bond acceptors (Lipinski definition) is 6. The van der Waals surface area contributed by atoms with Gasteiger partial charge in [-0.1, -0.05) is 12.8 Å². The fourth-order valence-electron chi connectivity index (χ4n) is 3.55. The fourth-order valence-corrected chi connectivity index (χ4v) is 3.55. The predicted molar refractivity (Wildman–Crippen MR) is 98.8 cm³/mol. The molecule has 2 rings (SSSR count). The highest BCUT2D eigenvalue weighted by Crippen LogP contribution is 2.37. The van der Waals surface area contributed by atoms with Gasteiger partial charge < -0.3 is 10.1 Å². The molecule has 5 amide bonds. The summed E-state index contributed by atoms with van der Waals surface area (Å²) in [7, 11) is 0. The van der Waals surface area contributed by atoms with Gasteiger partial charge in [0.15, 0.2) is 6.10 Å². The van der Waals surface area contributed by atoms with E-state index in [4.69, 9.17) is 4.74 Å². The third kappa shape index (κ3) is 5.53. The van der Waals surface area contributed by atoms with Gasteiger partial charge in [0.05, 0.1) is 18.3 Å². The Bertz CT molecular complexity index is 645. The summed E-state index contributed by atoms with van der Waals surface area (Å²) < 4.78 is 5.01. The zero-order chi connectivity index (χ0) is 21.1. The van der Waals surface area contributed by atoms with Crippen molar-refractivity contribution in [1.82, 2.24) is 15.5 Å². The largest absolute Gasteiger partial charge is 0.452 e. The Morgan fingerprint density at radius 3 is 2.14 bits per heavy atom. The number of ether oxygens (including phenoxy) is 1. The molecule has 1 aliphatic heterocycles. The molecule has 0 unspecified atom stereocenters. The standard InChI is InChI=1S/C19H29N3O6/c1-11(15(24)20-18(27)21-19(2,3)4)28-14(23)9-10-22-16(25)12-7-5-6-8-13(12)17(22)26/h11-13H,5-10H2,1-4H3,(H2,20,21,24,27)/t11-,12-,13+/m0/s1.